The molecule has 46 heavy (non-hydrogen) atoms. The molecule has 0 aromatic heterocycles. The fraction of sp³-hybridized carbons (Fsp3) is 1.00. The van der Waals surface area contributed by atoms with E-state index in [0.29, 0.717) is 0 Å². The van der Waals surface area contributed by atoms with Crippen molar-refractivity contribution in [2.24, 2.45) is 0 Å². The van der Waals surface area contributed by atoms with E-state index in [1.165, 1.54) is 231 Å². The maximum atomic E-state index is 10.4. The minimum atomic E-state index is -0.513. The molecule has 0 fully saturated rings. The van der Waals surface area contributed by atoms with Crippen molar-refractivity contribution in [1.82, 2.24) is 0 Å². The minimum Gasteiger partial charge on any atom is -0.390 e. The monoisotopic (exact) mass is 651 g/mol. The molecule has 0 aliphatic heterocycles. The van der Waals surface area contributed by atoms with Crippen LogP contribution in [0.4, 0.5) is 0 Å². The van der Waals surface area contributed by atoms with Crippen LogP contribution in [0.2, 0.25) is 0 Å². The van der Waals surface area contributed by atoms with Crippen LogP contribution in [0.3, 0.4) is 0 Å². The average molecular weight is 651 g/mol. The molecule has 278 valence electrons. The fourth-order valence-corrected chi connectivity index (χ4v) is 7.25. The molecule has 2 heteroatoms. The van der Waals surface area contributed by atoms with Crippen molar-refractivity contribution in [1.29, 1.82) is 0 Å². The molecule has 0 radical (unpaired) electrons. The van der Waals surface area contributed by atoms with Crippen molar-refractivity contribution in [3.63, 3.8) is 0 Å². The zero-order valence-corrected chi connectivity index (χ0v) is 32.3. The first-order valence-electron chi connectivity index (χ1n) is 22.1. The molecule has 2 atom stereocenters. The normalized spacial score (nSPS) is 13.0. The molecule has 0 saturated carbocycles. The van der Waals surface area contributed by atoms with E-state index < -0.39 is 12.2 Å². The van der Waals surface area contributed by atoms with E-state index in [1.807, 2.05) is 0 Å². The lowest BCUT2D eigenvalue weighted by atomic mass is 9.99. The Bertz CT molecular complexity index is 474. The van der Waals surface area contributed by atoms with Gasteiger partial charge in [-0.15, -0.1) is 0 Å². The Morgan fingerprint density at radius 2 is 0.348 bits per heavy atom. The highest BCUT2D eigenvalue weighted by molar-refractivity contribution is 4.67. The highest BCUT2D eigenvalue weighted by atomic mass is 16.3. The van der Waals surface area contributed by atoms with Crippen LogP contribution < -0.4 is 0 Å². The van der Waals surface area contributed by atoms with E-state index in [-0.39, 0.29) is 0 Å². The summed E-state index contributed by atoms with van der Waals surface area (Å²) in [5.41, 5.74) is 0. The van der Waals surface area contributed by atoms with Crippen molar-refractivity contribution in [2.45, 2.75) is 283 Å². The molecule has 0 heterocycles. The molecular formula is C44H90O2. The standard InChI is InChI=1S/C44H90O2/c1-3-5-7-9-11-13-15-17-19-21-23-25-27-29-31-33-35-37-39-41-43(45)44(46)42-40-38-36-34-32-30-28-26-24-22-20-18-16-14-12-10-8-6-4-2/h43-46H,3-42H2,1-2H3. The maximum absolute atomic E-state index is 10.4. The summed E-state index contributed by atoms with van der Waals surface area (Å²) < 4.78 is 0. The van der Waals surface area contributed by atoms with Gasteiger partial charge in [0.1, 0.15) is 0 Å². The molecule has 0 aliphatic carbocycles. The summed E-state index contributed by atoms with van der Waals surface area (Å²) >= 11 is 0. The van der Waals surface area contributed by atoms with E-state index in [2.05, 4.69) is 13.8 Å². The number of aliphatic hydroxyl groups is 2. The van der Waals surface area contributed by atoms with Gasteiger partial charge in [-0.25, -0.2) is 0 Å². The zero-order valence-electron chi connectivity index (χ0n) is 32.3. The molecular weight excluding hydrogens is 560 g/mol. The molecule has 2 N–H and O–H groups in total. The largest absolute Gasteiger partial charge is 0.390 e. The Hall–Kier alpha value is -0.0800. The molecule has 0 saturated heterocycles. The third-order valence-corrected chi connectivity index (χ3v) is 10.7. The first-order chi connectivity index (χ1) is 22.7. The second kappa shape index (κ2) is 41.1. The molecule has 0 aromatic rings. The average Bonchev–Trinajstić information content (AvgIpc) is 3.06. The van der Waals surface area contributed by atoms with Gasteiger partial charge in [0.2, 0.25) is 0 Å². The van der Waals surface area contributed by atoms with Gasteiger partial charge >= 0.3 is 0 Å². The van der Waals surface area contributed by atoms with Crippen LogP contribution in [0, 0.1) is 0 Å². The second-order valence-corrected chi connectivity index (χ2v) is 15.4. The van der Waals surface area contributed by atoms with Crippen LogP contribution in [0.1, 0.15) is 271 Å². The quantitative estimate of drug-likeness (QED) is 0.0646. The number of aliphatic hydroxyl groups excluding tert-OH is 2. The summed E-state index contributed by atoms with van der Waals surface area (Å²) in [5, 5.41) is 20.7. The van der Waals surface area contributed by atoms with Crippen LogP contribution in [-0.2, 0) is 0 Å². The topological polar surface area (TPSA) is 40.5 Å². The predicted octanol–water partition coefficient (Wildman–Crippen LogP) is 15.4. The molecule has 2 nitrogen and oxygen atoms in total. The smallest absolute Gasteiger partial charge is 0.0799 e. The van der Waals surface area contributed by atoms with Gasteiger partial charge in [-0.3, -0.25) is 0 Å². The Kier molecular flexibility index (Phi) is 41.0. The van der Waals surface area contributed by atoms with Crippen molar-refractivity contribution in [2.75, 3.05) is 0 Å². The van der Waals surface area contributed by atoms with Crippen LogP contribution in [-0.4, -0.2) is 22.4 Å². The number of hydrogen-bond donors (Lipinski definition) is 2. The predicted molar refractivity (Wildman–Crippen MR) is 208 cm³/mol. The van der Waals surface area contributed by atoms with Crippen molar-refractivity contribution in [3.05, 3.63) is 0 Å². The number of rotatable bonds is 41. The first-order valence-corrected chi connectivity index (χ1v) is 22.1. The highest BCUT2D eigenvalue weighted by Crippen LogP contribution is 2.18. The third-order valence-electron chi connectivity index (χ3n) is 10.7. The maximum Gasteiger partial charge on any atom is 0.0799 e. The summed E-state index contributed by atoms with van der Waals surface area (Å²) in [6.07, 6.45) is 53.3. The summed E-state index contributed by atoms with van der Waals surface area (Å²) in [5.74, 6) is 0. The lowest BCUT2D eigenvalue weighted by Crippen LogP contribution is -2.25. The summed E-state index contributed by atoms with van der Waals surface area (Å²) in [4.78, 5) is 0. The molecule has 0 spiro atoms. The Morgan fingerprint density at radius 3 is 0.500 bits per heavy atom. The van der Waals surface area contributed by atoms with Crippen LogP contribution in [0.15, 0.2) is 0 Å². The Morgan fingerprint density at radius 1 is 0.217 bits per heavy atom. The highest BCUT2D eigenvalue weighted by Gasteiger charge is 2.15. The number of unbranched alkanes of at least 4 members (excludes halogenated alkanes) is 36. The molecule has 0 amide bonds. The van der Waals surface area contributed by atoms with E-state index in [1.54, 1.807) is 0 Å². The van der Waals surface area contributed by atoms with Gasteiger partial charge in [0, 0.05) is 0 Å². The first kappa shape index (κ1) is 45.9. The van der Waals surface area contributed by atoms with E-state index in [4.69, 9.17) is 0 Å². The van der Waals surface area contributed by atoms with Gasteiger partial charge < -0.3 is 10.2 Å². The van der Waals surface area contributed by atoms with Crippen LogP contribution in [0.5, 0.6) is 0 Å². The molecule has 0 aliphatic rings. The lowest BCUT2D eigenvalue weighted by Gasteiger charge is -2.17. The third kappa shape index (κ3) is 38.4. The van der Waals surface area contributed by atoms with Gasteiger partial charge in [-0.1, -0.05) is 258 Å². The summed E-state index contributed by atoms with van der Waals surface area (Å²) in [6, 6.07) is 0. The SMILES string of the molecule is CCCCCCCCCCCCCCCCCCCCCC(O)C(O)CCCCCCCCCCCCCCCCCCCCC. The minimum absolute atomic E-state index is 0.513. The van der Waals surface area contributed by atoms with Crippen molar-refractivity contribution >= 4 is 0 Å². The number of hydrogen-bond acceptors (Lipinski definition) is 2. The lowest BCUT2D eigenvalue weighted by molar-refractivity contribution is 0.00711. The van der Waals surface area contributed by atoms with E-state index >= 15 is 0 Å². The van der Waals surface area contributed by atoms with Gasteiger partial charge in [0.05, 0.1) is 12.2 Å². The van der Waals surface area contributed by atoms with Crippen molar-refractivity contribution in [3.8, 4) is 0 Å². The van der Waals surface area contributed by atoms with Gasteiger partial charge in [0.25, 0.3) is 0 Å². The van der Waals surface area contributed by atoms with Crippen LogP contribution >= 0.6 is 0 Å². The van der Waals surface area contributed by atoms with Gasteiger partial charge in [-0.2, -0.15) is 0 Å². The molecule has 0 aromatic carbocycles. The second-order valence-electron chi connectivity index (χ2n) is 15.4. The summed E-state index contributed by atoms with van der Waals surface area (Å²) in [6.45, 7) is 4.59. The molecule has 2 unspecified atom stereocenters. The Labute approximate surface area is 292 Å². The van der Waals surface area contributed by atoms with Crippen molar-refractivity contribution < 1.29 is 10.2 Å². The Balaban J connectivity index is 3.25. The molecule has 0 bridgehead atoms. The fourth-order valence-electron chi connectivity index (χ4n) is 7.25. The van der Waals surface area contributed by atoms with E-state index in [0.717, 1.165) is 25.7 Å². The van der Waals surface area contributed by atoms with Crippen LogP contribution in [0.25, 0.3) is 0 Å². The summed E-state index contributed by atoms with van der Waals surface area (Å²) in [7, 11) is 0. The zero-order chi connectivity index (χ0) is 33.4. The van der Waals surface area contributed by atoms with Gasteiger partial charge in [-0.05, 0) is 12.8 Å². The van der Waals surface area contributed by atoms with Gasteiger partial charge in [0.15, 0.2) is 0 Å². The van der Waals surface area contributed by atoms with E-state index in [9.17, 15) is 10.2 Å². The molecule has 0 rings (SSSR count).